The van der Waals surface area contributed by atoms with E-state index in [-0.39, 0.29) is 12.1 Å². The number of nitrogens with zero attached hydrogens (tertiary/aromatic N) is 2. The van der Waals surface area contributed by atoms with Crippen molar-refractivity contribution in [1.82, 2.24) is 4.90 Å². The Hall–Kier alpha value is -3.04. The molecule has 0 aromatic heterocycles. The number of carbonyl (C=O) groups is 1. The van der Waals surface area contributed by atoms with Crippen molar-refractivity contribution < 1.29 is 14.3 Å². The average molecular weight is 379 g/mol. The van der Waals surface area contributed by atoms with E-state index in [1.165, 1.54) is 0 Å². The van der Waals surface area contributed by atoms with Gasteiger partial charge in [0, 0.05) is 25.4 Å². The van der Waals surface area contributed by atoms with Gasteiger partial charge in [-0.05, 0) is 61.2 Å². The van der Waals surface area contributed by atoms with E-state index in [0.29, 0.717) is 24.3 Å². The molecule has 1 atom stereocenters. The number of benzene rings is 2. The van der Waals surface area contributed by atoms with Gasteiger partial charge in [-0.25, -0.2) is 4.79 Å². The molecule has 1 aliphatic heterocycles. The summed E-state index contributed by atoms with van der Waals surface area (Å²) in [4.78, 5) is 14.7. The van der Waals surface area contributed by atoms with Crippen LogP contribution in [0.4, 0.5) is 10.5 Å². The van der Waals surface area contributed by atoms with Crippen LogP contribution >= 0.6 is 0 Å². The molecule has 6 nitrogen and oxygen atoms in total. The van der Waals surface area contributed by atoms with Gasteiger partial charge in [0.25, 0.3) is 0 Å². The first kappa shape index (κ1) is 19.7. The molecule has 28 heavy (non-hydrogen) atoms. The topological polar surface area (TPSA) is 74.6 Å². The predicted molar refractivity (Wildman–Crippen MR) is 107 cm³/mol. The largest absolute Gasteiger partial charge is 0.497 e. The summed E-state index contributed by atoms with van der Waals surface area (Å²) in [6.45, 7) is 1.92. The minimum Gasteiger partial charge on any atom is -0.497 e. The van der Waals surface area contributed by atoms with E-state index < -0.39 is 0 Å². The van der Waals surface area contributed by atoms with Gasteiger partial charge < -0.3 is 19.7 Å². The molecule has 2 aromatic carbocycles. The van der Waals surface area contributed by atoms with Crippen molar-refractivity contribution in [3.63, 3.8) is 0 Å². The quantitative estimate of drug-likeness (QED) is 0.793. The molecule has 1 saturated heterocycles. The average Bonchev–Trinajstić information content (AvgIpc) is 3.25. The zero-order chi connectivity index (χ0) is 19.8. The van der Waals surface area contributed by atoms with Gasteiger partial charge in [0.05, 0.1) is 24.8 Å². The lowest BCUT2D eigenvalue weighted by Gasteiger charge is -2.26. The van der Waals surface area contributed by atoms with Gasteiger partial charge in [-0.2, -0.15) is 5.26 Å². The third kappa shape index (κ3) is 5.48. The minimum atomic E-state index is -0.159. The van der Waals surface area contributed by atoms with Gasteiger partial charge in [0.2, 0.25) is 0 Å². The Bertz CT molecular complexity index is 806. The van der Waals surface area contributed by atoms with Crippen LogP contribution < -0.4 is 10.1 Å². The lowest BCUT2D eigenvalue weighted by molar-refractivity contribution is 0.0839. The van der Waals surface area contributed by atoms with Crippen molar-refractivity contribution in [2.24, 2.45) is 0 Å². The summed E-state index contributed by atoms with van der Waals surface area (Å²) >= 11 is 0. The number of rotatable bonds is 7. The van der Waals surface area contributed by atoms with Crippen LogP contribution in [0.2, 0.25) is 0 Å². The molecule has 3 rings (SSSR count). The molecule has 0 bridgehead atoms. The molecule has 1 aliphatic rings. The Morgan fingerprint density at radius 1 is 1.25 bits per heavy atom. The molecule has 0 unspecified atom stereocenters. The number of ether oxygens (including phenoxy) is 2. The van der Waals surface area contributed by atoms with Crippen LogP contribution in [0.3, 0.4) is 0 Å². The third-order valence-electron chi connectivity index (χ3n) is 4.83. The molecule has 0 spiro atoms. The second kappa shape index (κ2) is 9.77. The highest BCUT2D eigenvalue weighted by Gasteiger charge is 2.22. The fourth-order valence-corrected chi connectivity index (χ4v) is 3.20. The van der Waals surface area contributed by atoms with Crippen LogP contribution in [-0.4, -0.2) is 43.8 Å². The lowest BCUT2D eigenvalue weighted by atomic mass is 10.1. The highest BCUT2D eigenvalue weighted by atomic mass is 16.5. The van der Waals surface area contributed by atoms with Crippen molar-refractivity contribution in [1.29, 1.82) is 5.26 Å². The number of carbonyl (C=O) groups excluding carboxylic acids is 1. The van der Waals surface area contributed by atoms with Crippen LogP contribution in [-0.2, 0) is 11.2 Å². The summed E-state index contributed by atoms with van der Waals surface area (Å²) in [5.74, 6) is 0.818. The molecule has 6 heteroatoms. The maximum absolute atomic E-state index is 12.9. The molecule has 2 amide bonds. The Morgan fingerprint density at radius 2 is 2.00 bits per heavy atom. The second-order valence-electron chi connectivity index (χ2n) is 6.80. The number of nitrogens with one attached hydrogen (secondary N) is 1. The number of nitriles is 1. The monoisotopic (exact) mass is 379 g/mol. The number of hydrogen-bond donors (Lipinski definition) is 1. The Kier molecular flexibility index (Phi) is 6.88. The van der Waals surface area contributed by atoms with E-state index in [1.807, 2.05) is 24.3 Å². The second-order valence-corrected chi connectivity index (χ2v) is 6.80. The molecule has 0 aliphatic carbocycles. The van der Waals surface area contributed by atoms with Gasteiger partial charge in [-0.15, -0.1) is 0 Å². The van der Waals surface area contributed by atoms with E-state index in [9.17, 15) is 4.79 Å². The normalized spacial score (nSPS) is 15.6. The highest BCUT2D eigenvalue weighted by molar-refractivity contribution is 5.89. The van der Waals surface area contributed by atoms with Crippen molar-refractivity contribution in [3.05, 3.63) is 59.7 Å². The highest BCUT2D eigenvalue weighted by Crippen LogP contribution is 2.17. The van der Waals surface area contributed by atoms with Gasteiger partial charge in [-0.1, -0.05) is 12.1 Å². The summed E-state index contributed by atoms with van der Waals surface area (Å²) in [6.07, 6.45) is 2.84. The fourth-order valence-electron chi connectivity index (χ4n) is 3.20. The van der Waals surface area contributed by atoms with E-state index in [1.54, 1.807) is 36.3 Å². The zero-order valence-electron chi connectivity index (χ0n) is 16.1. The molecule has 0 saturated carbocycles. The van der Waals surface area contributed by atoms with E-state index in [4.69, 9.17) is 14.7 Å². The predicted octanol–water partition coefficient (Wildman–Crippen LogP) is 3.82. The van der Waals surface area contributed by atoms with Crippen LogP contribution in [0.25, 0.3) is 0 Å². The molecule has 146 valence electrons. The smallest absolute Gasteiger partial charge is 0.321 e. The standard InChI is InChI=1S/C22H25N3O3/c1-27-20-10-6-17(7-11-20)12-13-25(16-21-3-2-14-28-21)22(26)24-19-8-4-18(15-23)5-9-19/h4-11,21H,2-3,12-14,16H2,1H3,(H,24,26)/t21-/m1/s1. The number of amides is 2. The van der Waals surface area contributed by atoms with Crippen molar-refractivity contribution in [2.45, 2.75) is 25.4 Å². The molecule has 1 heterocycles. The van der Waals surface area contributed by atoms with Gasteiger partial charge >= 0.3 is 6.03 Å². The Morgan fingerprint density at radius 3 is 2.61 bits per heavy atom. The van der Waals surface area contributed by atoms with Crippen LogP contribution in [0.5, 0.6) is 5.75 Å². The molecule has 0 radical (unpaired) electrons. The van der Waals surface area contributed by atoms with Crippen molar-refractivity contribution in [3.8, 4) is 11.8 Å². The van der Waals surface area contributed by atoms with E-state index in [2.05, 4.69) is 11.4 Å². The number of hydrogen-bond acceptors (Lipinski definition) is 4. The molecular formula is C22H25N3O3. The first-order valence-corrected chi connectivity index (χ1v) is 9.48. The Labute approximate surface area is 165 Å². The Balaban J connectivity index is 1.63. The van der Waals surface area contributed by atoms with Gasteiger partial charge in [0.1, 0.15) is 5.75 Å². The van der Waals surface area contributed by atoms with Crippen molar-refractivity contribution in [2.75, 3.05) is 32.1 Å². The zero-order valence-corrected chi connectivity index (χ0v) is 16.1. The number of anilines is 1. The maximum Gasteiger partial charge on any atom is 0.321 e. The van der Waals surface area contributed by atoms with Gasteiger partial charge in [-0.3, -0.25) is 0 Å². The van der Waals surface area contributed by atoms with Crippen LogP contribution in [0.15, 0.2) is 48.5 Å². The number of methoxy groups -OCH3 is 1. The van der Waals surface area contributed by atoms with Crippen LogP contribution in [0.1, 0.15) is 24.0 Å². The number of urea groups is 1. The molecule has 2 aromatic rings. The molecule has 1 N–H and O–H groups in total. The third-order valence-corrected chi connectivity index (χ3v) is 4.83. The minimum absolute atomic E-state index is 0.0857. The summed E-state index contributed by atoms with van der Waals surface area (Å²) in [6, 6.07) is 16.7. The first-order chi connectivity index (χ1) is 13.7. The van der Waals surface area contributed by atoms with Crippen LogP contribution in [0, 0.1) is 11.3 Å². The fraction of sp³-hybridized carbons (Fsp3) is 0.364. The van der Waals surface area contributed by atoms with Crippen molar-refractivity contribution >= 4 is 11.7 Å². The summed E-state index contributed by atoms with van der Waals surface area (Å²) < 4.78 is 10.9. The van der Waals surface area contributed by atoms with E-state index >= 15 is 0 Å². The summed E-state index contributed by atoms with van der Waals surface area (Å²) in [7, 11) is 1.64. The van der Waals surface area contributed by atoms with Gasteiger partial charge in [0.15, 0.2) is 0 Å². The lowest BCUT2D eigenvalue weighted by Crippen LogP contribution is -2.41. The van der Waals surface area contributed by atoms with E-state index in [0.717, 1.165) is 37.2 Å². The summed E-state index contributed by atoms with van der Waals surface area (Å²) in [5.41, 5.74) is 2.38. The molecule has 1 fully saturated rings. The maximum atomic E-state index is 12.9. The molecular weight excluding hydrogens is 354 g/mol. The summed E-state index contributed by atoms with van der Waals surface area (Å²) in [5, 5.41) is 11.8. The SMILES string of the molecule is COc1ccc(CCN(C[C@H]2CCCO2)C(=O)Nc2ccc(C#N)cc2)cc1. The first-order valence-electron chi connectivity index (χ1n) is 9.48.